The quantitative estimate of drug-likeness (QED) is 0.857. The second kappa shape index (κ2) is 4.28. The third-order valence-corrected chi connectivity index (χ3v) is 2.71. The Labute approximate surface area is 96.3 Å². The van der Waals surface area contributed by atoms with Crippen LogP contribution in [-0.2, 0) is 16.8 Å². The van der Waals surface area contributed by atoms with Gasteiger partial charge in [-0.2, -0.15) is 5.10 Å². The minimum Gasteiger partial charge on any atom is -0.481 e. The number of carboxylic acids is 1. The lowest BCUT2D eigenvalue weighted by Gasteiger charge is -2.23. The molecule has 1 aromatic heterocycles. The molecule has 1 rings (SSSR count). The maximum Gasteiger partial charge on any atom is 0.310 e. The average Bonchev–Trinajstić information content (AvgIpc) is 2.58. The zero-order valence-corrected chi connectivity index (χ0v) is 10.6. The Bertz CT molecular complexity index is 388. The minimum atomic E-state index is -0.803. The van der Waals surface area contributed by atoms with Gasteiger partial charge in [0.25, 0.3) is 0 Å². The van der Waals surface area contributed by atoms with Crippen LogP contribution in [0.15, 0.2) is 6.20 Å². The van der Waals surface area contributed by atoms with Gasteiger partial charge in [-0.1, -0.05) is 6.92 Å². The van der Waals surface area contributed by atoms with Crippen LogP contribution in [-0.4, -0.2) is 20.9 Å². The molecule has 0 bridgehead atoms. The smallest absolute Gasteiger partial charge is 0.310 e. The Morgan fingerprint density at radius 2 is 2.12 bits per heavy atom. The van der Waals surface area contributed by atoms with Crippen LogP contribution in [0.1, 0.15) is 51.8 Å². The molecule has 1 heterocycles. The summed E-state index contributed by atoms with van der Waals surface area (Å²) in [5.41, 5.74) is 1.73. The molecule has 0 aliphatic carbocycles. The van der Waals surface area contributed by atoms with E-state index in [2.05, 4.69) is 25.9 Å². The van der Waals surface area contributed by atoms with Crippen LogP contribution in [0.25, 0.3) is 0 Å². The van der Waals surface area contributed by atoms with Crippen molar-refractivity contribution < 1.29 is 9.90 Å². The summed E-state index contributed by atoms with van der Waals surface area (Å²) in [6.45, 7) is 9.92. The van der Waals surface area contributed by atoms with Crippen LogP contribution in [0.5, 0.6) is 0 Å². The molecule has 1 unspecified atom stereocenters. The fourth-order valence-electron chi connectivity index (χ4n) is 1.81. The van der Waals surface area contributed by atoms with Crippen LogP contribution in [0, 0.1) is 0 Å². The molecule has 0 fully saturated rings. The second-order valence-electron chi connectivity index (χ2n) is 5.04. The SMILES string of the molecule is CCc1c(C(C)C(=O)O)cnn1C(C)(C)C. The predicted molar refractivity (Wildman–Crippen MR) is 62.7 cm³/mol. The molecule has 0 aliphatic heterocycles. The largest absolute Gasteiger partial charge is 0.481 e. The van der Waals surface area contributed by atoms with E-state index in [1.165, 1.54) is 0 Å². The van der Waals surface area contributed by atoms with E-state index in [0.717, 1.165) is 17.7 Å². The van der Waals surface area contributed by atoms with Crippen LogP contribution >= 0.6 is 0 Å². The molecule has 0 amide bonds. The lowest BCUT2D eigenvalue weighted by molar-refractivity contribution is -0.138. The van der Waals surface area contributed by atoms with Crippen molar-refractivity contribution in [3.05, 3.63) is 17.5 Å². The van der Waals surface area contributed by atoms with Crippen LogP contribution in [0.4, 0.5) is 0 Å². The number of carbonyl (C=O) groups is 1. The van der Waals surface area contributed by atoms with Crippen molar-refractivity contribution in [1.82, 2.24) is 9.78 Å². The monoisotopic (exact) mass is 224 g/mol. The molecule has 1 N–H and O–H groups in total. The maximum atomic E-state index is 11.0. The summed E-state index contributed by atoms with van der Waals surface area (Å²) in [5, 5.41) is 13.3. The van der Waals surface area contributed by atoms with Crippen molar-refractivity contribution in [3.63, 3.8) is 0 Å². The van der Waals surface area contributed by atoms with Crippen molar-refractivity contribution in [2.24, 2.45) is 0 Å². The summed E-state index contributed by atoms with van der Waals surface area (Å²) >= 11 is 0. The van der Waals surface area contributed by atoms with Gasteiger partial charge in [0.05, 0.1) is 17.7 Å². The Hall–Kier alpha value is -1.32. The van der Waals surface area contributed by atoms with E-state index in [9.17, 15) is 4.79 Å². The highest BCUT2D eigenvalue weighted by atomic mass is 16.4. The zero-order chi connectivity index (χ0) is 12.5. The van der Waals surface area contributed by atoms with E-state index < -0.39 is 11.9 Å². The van der Waals surface area contributed by atoms with E-state index >= 15 is 0 Å². The number of aromatic nitrogens is 2. The summed E-state index contributed by atoms with van der Waals surface area (Å²) in [6, 6.07) is 0. The van der Waals surface area contributed by atoms with Gasteiger partial charge in [-0.3, -0.25) is 9.48 Å². The normalized spacial score (nSPS) is 13.8. The van der Waals surface area contributed by atoms with Gasteiger partial charge in [-0.15, -0.1) is 0 Å². The molecule has 90 valence electrons. The highest BCUT2D eigenvalue weighted by molar-refractivity contribution is 5.75. The molecule has 16 heavy (non-hydrogen) atoms. The second-order valence-corrected chi connectivity index (χ2v) is 5.04. The summed E-state index contributed by atoms with van der Waals surface area (Å²) < 4.78 is 1.92. The number of carboxylic acid groups (broad SMARTS) is 1. The average molecular weight is 224 g/mol. The Balaban J connectivity index is 3.24. The van der Waals surface area contributed by atoms with Crippen LogP contribution in [0.2, 0.25) is 0 Å². The van der Waals surface area contributed by atoms with E-state index in [1.807, 2.05) is 11.6 Å². The third kappa shape index (κ3) is 2.26. The topological polar surface area (TPSA) is 55.1 Å². The van der Waals surface area contributed by atoms with E-state index in [0.29, 0.717) is 0 Å². The summed E-state index contributed by atoms with van der Waals surface area (Å²) in [7, 11) is 0. The Morgan fingerprint density at radius 3 is 2.50 bits per heavy atom. The molecule has 0 aromatic carbocycles. The first kappa shape index (κ1) is 12.7. The Kier molecular flexibility index (Phi) is 3.41. The van der Waals surface area contributed by atoms with E-state index in [4.69, 9.17) is 5.11 Å². The molecular formula is C12H20N2O2. The van der Waals surface area contributed by atoms with Crippen molar-refractivity contribution in [2.75, 3.05) is 0 Å². The number of hydrogen-bond donors (Lipinski definition) is 1. The molecular weight excluding hydrogens is 204 g/mol. The Morgan fingerprint density at radius 1 is 1.56 bits per heavy atom. The van der Waals surface area contributed by atoms with Gasteiger partial charge in [-0.25, -0.2) is 0 Å². The van der Waals surface area contributed by atoms with Crippen molar-refractivity contribution in [2.45, 2.75) is 52.5 Å². The van der Waals surface area contributed by atoms with Gasteiger partial charge in [0.2, 0.25) is 0 Å². The number of hydrogen-bond acceptors (Lipinski definition) is 2. The number of rotatable bonds is 3. The summed E-state index contributed by atoms with van der Waals surface area (Å²) in [4.78, 5) is 11.0. The van der Waals surface area contributed by atoms with Crippen molar-refractivity contribution >= 4 is 5.97 Å². The number of aliphatic carboxylic acids is 1. The molecule has 4 heteroatoms. The van der Waals surface area contributed by atoms with Gasteiger partial charge in [0.1, 0.15) is 0 Å². The highest BCUT2D eigenvalue weighted by Crippen LogP contribution is 2.25. The zero-order valence-electron chi connectivity index (χ0n) is 10.6. The van der Waals surface area contributed by atoms with Gasteiger partial charge in [-0.05, 0) is 34.1 Å². The minimum absolute atomic E-state index is 0.109. The molecule has 0 radical (unpaired) electrons. The van der Waals surface area contributed by atoms with Gasteiger partial charge in [0, 0.05) is 11.3 Å². The fourth-order valence-corrected chi connectivity index (χ4v) is 1.81. The first-order valence-corrected chi connectivity index (χ1v) is 5.59. The molecule has 1 aromatic rings. The molecule has 4 nitrogen and oxygen atoms in total. The van der Waals surface area contributed by atoms with Crippen molar-refractivity contribution in [1.29, 1.82) is 0 Å². The molecule has 0 saturated carbocycles. The molecule has 1 atom stereocenters. The summed E-state index contributed by atoms with van der Waals surface area (Å²) in [6.07, 6.45) is 2.48. The highest BCUT2D eigenvalue weighted by Gasteiger charge is 2.24. The van der Waals surface area contributed by atoms with Gasteiger partial charge in [0.15, 0.2) is 0 Å². The molecule has 0 saturated heterocycles. The summed E-state index contributed by atoms with van der Waals surface area (Å²) in [5.74, 6) is -1.30. The molecule has 0 spiro atoms. The first-order valence-electron chi connectivity index (χ1n) is 5.59. The number of nitrogens with zero attached hydrogens (tertiary/aromatic N) is 2. The standard InChI is InChI=1S/C12H20N2O2/c1-6-10-9(8(2)11(15)16)7-13-14(10)12(3,4)5/h7-8H,6H2,1-5H3,(H,15,16). The van der Waals surface area contributed by atoms with Gasteiger partial charge >= 0.3 is 5.97 Å². The maximum absolute atomic E-state index is 11.0. The van der Waals surface area contributed by atoms with E-state index in [1.54, 1.807) is 13.1 Å². The lowest BCUT2D eigenvalue weighted by Crippen LogP contribution is -2.25. The van der Waals surface area contributed by atoms with Crippen LogP contribution in [0.3, 0.4) is 0 Å². The molecule has 0 aliphatic rings. The van der Waals surface area contributed by atoms with Crippen LogP contribution < -0.4 is 0 Å². The lowest BCUT2D eigenvalue weighted by atomic mass is 10.00. The third-order valence-electron chi connectivity index (χ3n) is 2.71. The van der Waals surface area contributed by atoms with Gasteiger partial charge < -0.3 is 5.11 Å². The first-order chi connectivity index (χ1) is 7.29. The fraction of sp³-hybridized carbons (Fsp3) is 0.667. The van der Waals surface area contributed by atoms with Crippen molar-refractivity contribution in [3.8, 4) is 0 Å². The van der Waals surface area contributed by atoms with E-state index in [-0.39, 0.29) is 5.54 Å². The predicted octanol–water partition coefficient (Wildman–Crippen LogP) is 2.39.